The van der Waals surface area contributed by atoms with Crippen molar-refractivity contribution in [2.24, 2.45) is 0 Å². The molecule has 1 saturated heterocycles. The monoisotopic (exact) mass is 503 g/mol. The number of pyridine rings is 1. The molecule has 0 spiro atoms. The van der Waals surface area contributed by atoms with Crippen LogP contribution < -0.4 is 0 Å². The van der Waals surface area contributed by atoms with Gasteiger partial charge in [-0.1, -0.05) is 29.5 Å². The van der Waals surface area contributed by atoms with Crippen molar-refractivity contribution in [2.45, 2.75) is 13.0 Å². The zero-order valence-corrected chi connectivity index (χ0v) is 20.6. The number of benzene rings is 1. The molecular formula is C26H25N5O4S. The molecule has 5 heterocycles. The van der Waals surface area contributed by atoms with E-state index in [1.807, 2.05) is 41.7 Å². The number of amides is 1. The van der Waals surface area contributed by atoms with Gasteiger partial charge in [0.25, 0.3) is 5.91 Å². The van der Waals surface area contributed by atoms with Crippen LogP contribution in [0.1, 0.15) is 27.0 Å². The van der Waals surface area contributed by atoms with Crippen molar-refractivity contribution in [1.29, 1.82) is 0 Å². The highest BCUT2D eigenvalue weighted by molar-refractivity contribution is 7.19. The number of carbonyl (C=O) groups is 2. The fourth-order valence-electron chi connectivity index (χ4n) is 5.07. The van der Waals surface area contributed by atoms with E-state index in [1.165, 1.54) is 11.3 Å². The Bertz CT molecular complexity index is 1500. The number of hydrogen-bond acceptors (Lipinski definition) is 8. The smallest absolute Gasteiger partial charge is 0.290 e. The standard InChI is InChI=1S/C26H25N5O4S/c1-16-24(36-26-28-18-6-2-3-7-19(18)31(16)26)22(32)20-21(17-5-4-8-27-15-17)30(25(34)23(20)33)10-9-29-11-13-35-14-12-29/h2-8,15,21,33H,9-14H2,1H3. The van der Waals surface area contributed by atoms with E-state index in [9.17, 15) is 14.7 Å². The molecule has 2 aliphatic heterocycles. The number of imidazole rings is 1. The molecule has 1 aromatic carbocycles. The van der Waals surface area contributed by atoms with Gasteiger partial charge in [-0.3, -0.25) is 23.9 Å². The van der Waals surface area contributed by atoms with E-state index in [-0.39, 0.29) is 11.4 Å². The van der Waals surface area contributed by atoms with Crippen molar-refractivity contribution in [1.82, 2.24) is 24.2 Å². The first-order chi connectivity index (χ1) is 17.5. The molecule has 1 N–H and O–H groups in total. The molecule has 10 heteroatoms. The van der Waals surface area contributed by atoms with Crippen molar-refractivity contribution in [3.8, 4) is 0 Å². The number of para-hydroxylation sites is 2. The number of ketones is 1. The Balaban J connectivity index is 1.39. The van der Waals surface area contributed by atoms with Gasteiger partial charge in [0.2, 0.25) is 5.78 Å². The molecule has 1 unspecified atom stereocenters. The van der Waals surface area contributed by atoms with E-state index >= 15 is 0 Å². The summed E-state index contributed by atoms with van der Waals surface area (Å²) in [5.41, 5.74) is 3.28. The van der Waals surface area contributed by atoms with Crippen LogP contribution in [0.2, 0.25) is 0 Å². The number of thiazole rings is 1. The second kappa shape index (κ2) is 9.12. The van der Waals surface area contributed by atoms with Gasteiger partial charge in [0.05, 0.1) is 40.7 Å². The minimum Gasteiger partial charge on any atom is -0.503 e. The molecule has 0 bridgehead atoms. The lowest BCUT2D eigenvalue weighted by molar-refractivity contribution is -0.129. The van der Waals surface area contributed by atoms with Gasteiger partial charge in [-0.2, -0.15) is 0 Å². The third-order valence-corrected chi connectivity index (χ3v) is 8.04. The minimum atomic E-state index is -0.717. The van der Waals surface area contributed by atoms with Crippen molar-refractivity contribution in [3.63, 3.8) is 0 Å². The second-order valence-corrected chi connectivity index (χ2v) is 9.95. The van der Waals surface area contributed by atoms with Crippen LogP contribution in [0.25, 0.3) is 16.0 Å². The van der Waals surface area contributed by atoms with Crippen LogP contribution in [0.15, 0.2) is 60.1 Å². The van der Waals surface area contributed by atoms with Crippen LogP contribution in [0, 0.1) is 6.92 Å². The summed E-state index contributed by atoms with van der Waals surface area (Å²) in [5, 5.41) is 11.0. The van der Waals surface area contributed by atoms with Crippen LogP contribution in [-0.2, 0) is 9.53 Å². The quantitative estimate of drug-likeness (QED) is 0.404. The first-order valence-corrected chi connectivity index (χ1v) is 12.7. The Morgan fingerprint density at radius 3 is 2.75 bits per heavy atom. The van der Waals surface area contributed by atoms with Crippen LogP contribution in [0.4, 0.5) is 0 Å². The highest BCUT2D eigenvalue weighted by atomic mass is 32.1. The van der Waals surface area contributed by atoms with Gasteiger partial charge in [0, 0.05) is 44.3 Å². The van der Waals surface area contributed by atoms with Gasteiger partial charge in [-0.25, -0.2) is 4.98 Å². The summed E-state index contributed by atoms with van der Waals surface area (Å²) in [5.74, 6) is -1.39. The molecule has 3 aromatic heterocycles. The molecule has 0 radical (unpaired) electrons. The molecule has 4 aromatic rings. The van der Waals surface area contributed by atoms with Crippen molar-refractivity contribution in [2.75, 3.05) is 39.4 Å². The summed E-state index contributed by atoms with van der Waals surface area (Å²) in [6.45, 7) is 5.74. The van der Waals surface area contributed by atoms with E-state index in [1.54, 1.807) is 23.4 Å². The molecule has 184 valence electrons. The summed E-state index contributed by atoms with van der Waals surface area (Å²) >= 11 is 1.27. The molecule has 0 saturated carbocycles. The summed E-state index contributed by atoms with van der Waals surface area (Å²) < 4.78 is 7.38. The van der Waals surface area contributed by atoms with E-state index < -0.39 is 17.7 Å². The first-order valence-electron chi connectivity index (χ1n) is 11.9. The number of aliphatic hydroxyl groups excluding tert-OH is 1. The zero-order chi connectivity index (χ0) is 24.8. The lowest BCUT2D eigenvalue weighted by Gasteiger charge is -2.31. The van der Waals surface area contributed by atoms with Crippen molar-refractivity contribution >= 4 is 39.0 Å². The first kappa shape index (κ1) is 22.8. The van der Waals surface area contributed by atoms with Gasteiger partial charge in [-0.15, -0.1) is 0 Å². The molecule has 36 heavy (non-hydrogen) atoms. The lowest BCUT2D eigenvalue weighted by atomic mass is 9.96. The predicted molar refractivity (Wildman–Crippen MR) is 135 cm³/mol. The molecule has 6 rings (SSSR count). The molecular weight excluding hydrogens is 478 g/mol. The van der Waals surface area contributed by atoms with Crippen molar-refractivity contribution < 1.29 is 19.4 Å². The van der Waals surface area contributed by atoms with E-state index in [4.69, 9.17) is 4.74 Å². The van der Waals surface area contributed by atoms with Crippen molar-refractivity contribution in [3.05, 3.63) is 76.3 Å². The number of morpholine rings is 1. The largest absolute Gasteiger partial charge is 0.503 e. The second-order valence-electron chi connectivity index (χ2n) is 8.97. The summed E-state index contributed by atoms with van der Waals surface area (Å²) in [4.78, 5) is 41.1. The third-order valence-electron chi connectivity index (χ3n) is 6.90. The van der Waals surface area contributed by atoms with Crippen LogP contribution >= 0.6 is 11.3 Å². The van der Waals surface area contributed by atoms with Gasteiger partial charge < -0.3 is 14.7 Å². The minimum absolute atomic E-state index is 0.0897. The molecule has 1 fully saturated rings. The zero-order valence-electron chi connectivity index (χ0n) is 19.8. The molecule has 9 nitrogen and oxygen atoms in total. The Kier molecular flexibility index (Phi) is 5.79. The van der Waals surface area contributed by atoms with Crippen LogP contribution in [0.3, 0.4) is 0 Å². The maximum Gasteiger partial charge on any atom is 0.290 e. The average Bonchev–Trinajstić information content (AvgIpc) is 3.52. The van der Waals surface area contributed by atoms with Crippen LogP contribution in [0.5, 0.6) is 0 Å². The molecule has 1 amide bonds. The summed E-state index contributed by atoms with van der Waals surface area (Å²) in [6.07, 6.45) is 3.29. The van der Waals surface area contributed by atoms with E-state index in [0.717, 1.165) is 29.8 Å². The van der Waals surface area contributed by atoms with Crippen LogP contribution in [-0.4, -0.2) is 80.4 Å². The van der Waals surface area contributed by atoms with Gasteiger partial charge >= 0.3 is 0 Å². The SMILES string of the molecule is Cc1c(C(=O)C2=C(O)C(=O)N(CCN3CCOCC3)C2c2cccnc2)sc2nc3ccccc3n12. The number of nitrogens with zero attached hydrogens (tertiary/aromatic N) is 5. The van der Waals surface area contributed by atoms with Gasteiger partial charge in [0.15, 0.2) is 10.7 Å². The Labute approximate surface area is 211 Å². The van der Waals surface area contributed by atoms with E-state index in [2.05, 4.69) is 14.9 Å². The third kappa shape index (κ3) is 3.69. The predicted octanol–water partition coefficient (Wildman–Crippen LogP) is 3.16. The summed E-state index contributed by atoms with van der Waals surface area (Å²) in [6, 6.07) is 10.6. The number of aryl methyl sites for hydroxylation is 1. The number of hydrogen-bond donors (Lipinski definition) is 1. The normalized spacial score (nSPS) is 19.2. The maximum atomic E-state index is 14.0. The highest BCUT2D eigenvalue weighted by Crippen LogP contribution is 2.40. The van der Waals surface area contributed by atoms with Gasteiger partial charge in [-0.05, 0) is 30.7 Å². The maximum absolute atomic E-state index is 14.0. The number of fused-ring (bicyclic) bond motifs is 3. The Hall–Kier alpha value is -3.60. The number of Topliss-reactive ketones (excluding diaryl/α,β-unsaturated/α-hetero) is 1. The topological polar surface area (TPSA) is 100 Å². The lowest BCUT2D eigenvalue weighted by Crippen LogP contribution is -2.43. The Morgan fingerprint density at radius 2 is 1.97 bits per heavy atom. The fourth-order valence-corrected chi connectivity index (χ4v) is 6.17. The highest BCUT2D eigenvalue weighted by Gasteiger charge is 2.44. The number of aliphatic hydroxyl groups is 1. The molecule has 1 atom stereocenters. The molecule has 0 aliphatic carbocycles. The molecule has 2 aliphatic rings. The van der Waals surface area contributed by atoms with Gasteiger partial charge in [0.1, 0.15) is 0 Å². The van der Waals surface area contributed by atoms with E-state index in [0.29, 0.717) is 41.7 Å². The Morgan fingerprint density at radius 1 is 1.17 bits per heavy atom. The number of ether oxygens (including phenoxy) is 1. The number of rotatable bonds is 6. The summed E-state index contributed by atoms with van der Waals surface area (Å²) in [7, 11) is 0. The average molecular weight is 504 g/mol. The fraction of sp³-hybridized carbons (Fsp3) is 0.308. The number of aromatic nitrogens is 3. The number of carbonyl (C=O) groups excluding carboxylic acids is 2.